The van der Waals surface area contributed by atoms with Gasteiger partial charge in [0.05, 0.1) is 0 Å². The molecule has 1 aromatic carbocycles. The van der Waals surface area contributed by atoms with Crippen molar-refractivity contribution in [1.29, 1.82) is 0 Å². The summed E-state index contributed by atoms with van der Waals surface area (Å²) in [5.74, 6) is 0.198. The van der Waals surface area contributed by atoms with Crippen LogP contribution >= 0.6 is 0 Å². The third-order valence-electron chi connectivity index (χ3n) is 4.46. The average molecular weight is 339 g/mol. The monoisotopic (exact) mass is 339 g/mol. The van der Waals surface area contributed by atoms with E-state index in [1.807, 2.05) is 57.2 Å². The molecule has 0 spiro atoms. The highest BCUT2D eigenvalue weighted by Gasteiger charge is 2.61. The lowest BCUT2D eigenvalue weighted by molar-refractivity contribution is -0.133. The Morgan fingerprint density at radius 1 is 1.08 bits per heavy atom. The number of hydrogen-bond acceptors (Lipinski definition) is 4. The molecule has 0 bridgehead atoms. The minimum Gasteiger partial charge on any atom is -0.483 e. The van der Waals surface area contributed by atoms with Crippen molar-refractivity contribution in [2.45, 2.75) is 32.4 Å². The highest BCUT2D eigenvalue weighted by atomic mass is 16.5. The molecule has 1 aromatic heterocycles. The molecule has 3 rings (SSSR count). The first-order valence-electron chi connectivity index (χ1n) is 8.10. The van der Waals surface area contributed by atoms with E-state index in [0.29, 0.717) is 11.3 Å². The molecule has 0 saturated carbocycles. The highest BCUT2D eigenvalue weighted by Crippen LogP contribution is 2.44. The van der Waals surface area contributed by atoms with E-state index in [9.17, 15) is 9.59 Å². The molecule has 2 heterocycles. The third-order valence-corrected chi connectivity index (χ3v) is 4.46. The van der Waals surface area contributed by atoms with Crippen molar-refractivity contribution in [2.75, 3.05) is 0 Å². The van der Waals surface area contributed by atoms with Crippen molar-refractivity contribution in [2.24, 2.45) is 5.41 Å². The van der Waals surface area contributed by atoms with Gasteiger partial charge in [-0.05, 0) is 23.6 Å². The summed E-state index contributed by atoms with van der Waals surface area (Å²) >= 11 is 0. The van der Waals surface area contributed by atoms with Crippen LogP contribution in [0.2, 0.25) is 0 Å². The summed E-state index contributed by atoms with van der Waals surface area (Å²) in [7, 11) is 0. The van der Waals surface area contributed by atoms with Crippen molar-refractivity contribution in [1.82, 2.24) is 15.6 Å². The van der Waals surface area contributed by atoms with Gasteiger partial charge in [0, 0.05) is 18.0 Å². The van der Waals surface area contributed by atoms with Crippen LogP contribution in [0.3, 0.4) is 0 Å². The second-order valence-corrected chi connectivity index (χ2v) is 7.06. The van der Waals surface area contributed by atoms with Crippen LogP contribution in [0, 0.1) is 5.41 Å². The summed E-state index contributed by atoms with van der Waals surface area (Å²) in [6, 6.07) is 12.3. The number of amides is 3. The van der Waals surface area contributed by atoms with E-state index in [2.05, 4.69) is 15.6 Å². The Hall–Kier alpha value is -2.89. The summed E-state index contributed by atoms with van der Waals surface area (Å²) in [4.78, 5) is 29.0. The first-order chi connectivity index (χ1) is 11.8. The van der Waals surface area contributed by atoms with Crippen LogP contribution < -0.4 is 15.4 Å². The summed E-state index contributed by atoms with van der Waals surface area (Å²) < 4.78 is 6.22. The number of aromatic nitrogens is 1. The van der Waals surface area contributed by atoms with Crippen LogP contribution in [0.5, 0.6) is 5.75 Å². The lowest BCUT2D eigenvalue weighted by atomic mass is 9.68. The number of ether oxygens (including phenoxy) is 1. The second-order valence-electron chi connectivity index (χ2n) is 7.06. The summed E-state index contributed by atoms with van der Waals surface area (Å²) in [6.07, 6.45) is 2.56. The predicted octanol–water partition coefficient (Wildman–Crippen LogP) is 2.83. The quantitative estimate of drug-likeness (QED) is 0.840. The number of pyridine rings is 1. The van der Waals surface area contributed by atoms with Crippen molar-refractivity contribution in [3.8, 4) is 5.75 Å². The first-order valence-corrected chi connectivity index (χ1v) is 8.10. The molecule has 0 aliphatic carbocycles. The topological polar surface area (TPSA) is 80.3 Å². The number of imide groups is 1. The van der Waals surface area contributed by atoms with Crippen molar-refractivity contribution >= 4 is 11.9 Å². The number of rotatable bonds is 4. The van der Waals surface area contributed by atoms with Gasteiger partial charge < -0.3 is 10.1 Å². The minimum atomic E-state index is -1.27. The fraction of sp³-hybridized carbons (Fsp3) is 0.316. The first kappa shape index (κ1) is 17.0. The Morgan fingerprint density at radius 2 is 1.80 bits per heavy atom. The van der Waals surface area contributed by atoms with E-state index >= 15 is 0 Å². The maximum absolute atomic E-state index is 12.9. The van der Waals surface area contributed by atoms with Gasteiger partial charge in [0.15, 0.2) is 11.6 Å². The number of hydrogen-bond donors (Lipinski definition) is 2. The fourth-order valence-corrected chi connectivity index (χ4v) is 3.15. The molecule has 1 fully saturated rings. The van der Waals surface area contributed by atoms with E-state index in [1.165, 1.54) is 0 Å². The van der Waals surface area contributed by atoms with Gasteiger partial charge >= 0.3 is 6.03 Å². The van der Waals surface area contributed by atoms with Crippen LogP contribution in [-0.2, 0) is 4.79 Å². The van der Waals surface area contributed by atoms with Crippen LogP contribution in [0.4, 0.5) is 4.79 Å². The lowest BCUT2D eigenvalue weighted by Gasteiger charge is -2.44. The average Bonchev–Trinajstić information content (AvgIpc) is 2.89. The minimum absolute atomic E-state index is 0.408. The lowest BCUT2D eigenvalue weighted by Crippen LogP contribution is -2.62. The molecule has 1 aliphatic rings. The van der Waals surface area contributed by atoms with Gasteiger partial charge in [-0.25, -0.2) is 4.79 Å². The van der Waals surface area contributed by atoms with Gasteiger partial charge in [0.1, 0.15) is 5.75 Å². The van der Waals surface area contributed by atoms with Crippen molar-refractivity contribution in [3.63, 3.8) is 0 Å². The van der Waals surface area contributed by atoms with Crippen LogP contribution in [-0.4, -0.2) is 22.5 Å². The number of carbonyl (C=O) groups is 2. The number of carbonyl (C=O) groups excluding carboxylic acids is 2. The zero-order chi connectivity index (χ0) is 18.1. The van der Waals surface area contributed by atoms with Gasteiger partial charge in [0.25, 0.3) is 5.91 Å². The Balaban J connectivity index is 2.15. The molecule has 6 heteroatoms. The number of para-hydroxylation sites is 1. The van der Waals surface area contributed by atoms with Crippen molar-refractivity contribution in [3.05, 3.63) is 60.4 Å². The zero-order valence-corrected chi connectivity index (χ0v) is 14.4. The molecular formula is C19H21N3O3. The zero-order valence-electron chi connectivity index (χ0n) is 14.4. The smallest absolute Gasteiger partial charge is 0.322 e. The molecule has 0 radical (unpaired) electrons. The summed E-state index contributed by atoms with van der Waals surface area (Å²) in [5, 5.41) is 5.18. The number of nitrogens with one attached hydrogen (secondary N) is 2. The molecule has 1 aliphatic heterocycles. The SMILES string of the molecule is CC(C)(C)C1(C(Oc2ccccc2)c2cccnc2)NC(=O)NC1=O. The maximum atomic E-state index is 12.9. The van der Waals surface area contributed by atoms with Crippen LogP contribution in [0.15, 0.2) is 54.9 Å². The predicted molar refractivity (Wildman–Crippen MR) is 92.9 cm³/mol. The Morgan fingerprint density at radius 3 is 2.32 bits per heavy atom. The Labute approximate surface area is 146 Å². The molecule has 2 aromatic rings. The van der Waals surface area contributed by atoms with Gasteiger partial charge in [-0.15, -0.1) is 0 Å². The van der Waals surface area contributed by atoms with E-state index in [-0.39, 0.29) is 0 Å². The standard InChI is InChI=1S/C19H21N3O3/c1-18(2,3)19(16(23)21-17(24)22-19)15(13-8-7-11-20-12-13)25-14-9-5-4-6-10-14/h4-12,15H,1-3H3,(H2,21,22,23,24). The molecule has 2 unspecified atom stereocenters. The molecule has 1 saturated heterocycles. The molecule has 3 amide bonds. The van der Waals surface area contributed by atoms with Gasteiger partial charge in [-0.3, -0.25) is 15.1 Å². The van der Waals surface area contributed by atoms with E-state index in [0.717, 1.165) is 0 Å². The van der Waals surface area contributed by atoms with Gasteiger partial charge in [-0.1, -0.05) is 45.0 Å². The van der Waals surface area contributed by atoms with E-state index < -0.39 is 29.0 Å². The van der Waals surface area contributed by atoms with Crippen LogP contribution in [0.1, 0.15) is 32.4 Å². The molecule has 2 N–H and O–H groups in total. The van der Waals surface area contributed by atoms with Gasteiger partial charge in [-0.2, -0.15) is 0 Å². The largest absolute Gasteiger partial charge is 0.483 e. The highest BCUT2D eigenvalue weighted by molar-refractivity contribution is 6.08. The second kappa shape index (κ2) is 6.20. The van der Waals surface area contributed by atoms with E-state index in [1.54, 1.807) is 18.5 Å². The summed E-state index contributed by atoms with van der Waals surface area (Å²) in [5.41, 5.74) is -1.18. The fourth-order valence-electron chi connectivity index (χ4n) is 3.15. The molecule has 130 valence electrons. The van der Waals surface area contributed by atoms with Crippen LogP contribution in [0.25, 0.3) is 0 Å². The maximum Gasteiger partial charge on any atom is 0.322 e. The third kappa shape index (κ3) is 2.95. The number of urea groups is 1. The molecule has 25 heavy (non-hydrogen) atoms. The van der Waals surface area contributed by atoms with Crippen molar-refractivity contribution < 1.29 is 14.3 Å². The van der Waals surface area contributed by atoms with E-state index in [4.69, 9.17) is 4.74 Å². The summed E-state index contributed by atoms with van der Waals surface area (Å²) in [6.45, 7) is 5.70. The number of nitrogens with zero attached hydrogens (tertiary/aromatic N) is 1. The number of benzene rings is 1. The molecule has 2 atom stereocenters. The molecule has 6 nitrogen and oxygen atoms in total. The normalized spacial score (nSPS) is 21.4. The van der Waals surface area contributed by atoms with Gasteiger partial charge in [0.2, 0.25) is 0 Å². The Kier molecular flexibility index (Phi) is 4.20. The molecular weight excluding hydrogens is 318 g/mol. The Bertz CT molecular complexity index is 772.